The minimum Gasteiger partial charge on any atom is -0.290 e. The largest absolute Gasteiger partial charge is 0.475 e. The predicted molar refractivity (Wildman–Crippen MR) is 62.7 cm³/mol. The smallest absolute Gasteiger partial charge is 0.290 e. The molecule has 0 spiro atoms. The summed E-state index contributed by atoms with van der Waals surface area (Å²) in [5.74, 6) is 0. The molecule has 82 valence electrons. The molecule has 0 saturated carbocycles. The third kappa shape index (κ3) is 6.92. The van der Waals surface area contributed by atoms with Crippen molar-refractivity contribution in [2.45, 2.75) is 0 Å². The van der Waals surface area contributed by atoms with E-state index in [1.807, 2.05) is 0 Å². The van der Waals surface area contributed by atoms with E-state index in [0.717, 1.165) is 0 Å². The van der Waals surface area contributed by atoms with Crippen molar-refractivity contribution < 1.29 is 18.1 Å². The van der Waals surface area contributed by atoms with Crippen LogP contribution in [0.4, 0.5) is 0 Å². The Morgan fingerprint density at radius 2 is 1.57 bits per heavy atom. The van der Waals surface area contributed by atoms with E-state index in [2.05, 4.69) is 49.5 Å². The van der Waals surface area contributed by atoms with E-state index < -0.39 is 7.82 Å². The molecule has 0 aliphatic rings. The first-order valence-corrected chi connectivity index (χ1v) is 6.55. The third-order valence-electron chi connectivity index (χ3n) is 0.982. The van der Waals surface area contributed by atoms with Crippen LogP contribution in [0.1, 0.15) is 0 Å². The Labute approximate surface area is 100 Å². The van der Waals surface area contributed by atoms with Crippen LogP contribution in [-0.2, 0) is 18.1 Å². The summed E-state index contributed by atoms with van der Waals surface area (Å²) < 4.78 is 27.1. The quantitative estimate of drug-likeness (QED) is 0.659. The van der Waals surface area contributed by atoms with E-state index >= 15 is 0 Å². The Hall–Kier alpha value is 0.550. The first kappa shape index (κ1) is 14.6. The molecule has 0 atom stereocenters. The maximum atomic E-state index is 11.6. The summed E-state index contributed by atoms with van der Waals surface area (Å²) in [5.41, 5.74) is 0. The zero-order valence-electron chi connectivity index (χ0n) is 7.66. The molecule has 0 fully saturated rings. The standard InChI is InChI=1S/C7H11Br2O4P/c1-6(8)4-12-14(10,11-3)13-5-7(2)9/h1-2,4-5H2,3H3. The molecule has 0 radical (unpaired) electrons. The minimum atomic E-state index is -3.49. The van der Waals surface area contributed by atoms with Crippen LogP contribution in [0.15, 0.2) is 22.1 Å². The molecule has 14 heavy (non-hydrogen) atoms. The van der Waals surface area contributed by atoms with Gasteiger partial charge in [-0.2, -0.15) is 0 Å². The predicted octanol–water partition coefficient (Wildman–Crippen LogP) is 3.59. The van der Waals surface area contributed by atoms with E-state index in [-0.39, 0.29) is 13.2 Å². The number of hydrogen-bond donors (Lipinski definition) is 0. The molecule has 0 aromatic carbocycles. The van der Waals surface area contributed by atoms with Crippen LogP contribution in [0.25, 0.3) is 0 Å². The number of phosphoric acid groups is 1. The van der Waals surface area contributed by atoms with Gasteiger partial charge in [0.15, 0.2) is 0 Å². The molecule has 0 bridgehead atoms. The van der Waals surface area contributed by atoms with Crippen molar-refractivity contribution in [3.63, 3.8) is 0 Å². The average molecular weight is 350 g/mol. The van der Waals surface area contributed by atoms with Gasteiger partial charge in [-0.1, -0.05) is 45.0 Å². The highest BCUT2D eigenvalue weighted by Crippen LogP contribution is 2.49. The molecule has 0 aliphatic heterocycles. The lowest BCUT2D eigenvalue weighted by atomic mass is 10.7. The van der Waals surface area contributed by atoms with Gasteiger partial charge in [-0.25, -0.2) is 4.57 Å². The summed E-state index contributed by atoms with van der Waals surface area (Å²) in [6.07, 6.45) is 0. The summed E-state index contributed by atoms with van der Waals surface area (Å²) in [6.45, 7) is 7.15. The SMILES string of the molecule is C=C(Br)COP(=O)(OC)OCC(=C)Br. The van der Waals surface area contributed by atoms with Gasteiger partial charge in [-0.3, -0.25) is 13.6 Å². The van der Waals surface area contributed by atoms with Crippen molar-refractivity contribution in [3.8, 4) is 0 Å². The van der Waals surface area contributed by atoms with Crippen molar-refractivity contribution in [3.05, 3.63) is 22.1 Å². The van der Waals surface area contributed by atoms with E-state index in [1.54, 1.807) is 0 Å². The monoisotopic (exact) mass is 348 g/mol. The van der Waals surface area contributed by atoms with Gasteiger partial charge in [0.25, 0.3) is 0 Å². The molecule has 0 N–H and O–H groups in total. The number of phosphoric ester groups is 1. The highest BCUT2D eigenvalue weighted by Gasteiger charge is 2.24. The lowest BCUT2D eigenvalue weighted by molar-refractivity contribution is 0.151. The zero-order chi connectivity index (χ0) is 11.2. The van der Waals surface area contributed by atoms with Crippen molar-refractivity contribution in [1.82, 2.24) is 0 Å². The molecule has 7 heteroatoms. The Kier molecular flexibility index (Phi) is 7.20. The lowest BCUT2D eigenvalue weighted by Crippen LogP contribution is -2.00. The van der Waals surface area contributed by atoms with Gasteiger partial charge >= 0.3 is 7.82 Å². The fourth-order valence-electron chi connectivity index (χ4n) is 0.441. The zero-order valence-corrected chi connectivity index (χ0v) is 11.7. The molecular formula is C7H11Br2O4P. The second-order valence-electron chi connectivity index (χ2n) is 2.21. The van der Waals surface area contributed by atoms with Crippen LogP contribution in [0, 0.1) is 0 Å². The first-order chi connectivity index (χ1) is 6.39. The lowest BCUT2D eigenvalue weighted by Gasteiger charge is -2.14. The third-order valence-corrected chi connectivity index (χ3v) is 2.78. The Morgan fingerprint density at radius 1 is 1.21 bits per heavy atom. The summed E-state index contributed by atoms with van der Waals surface area (Å²) in [6, 6.07) is 0. The molecule has 0 aliphatic carbocycles. The van der Waals surface area contributed by atoms with Crippen molar-refractivity contribution >= 4 is 39.7 Å². The fourth-order valence-corrected chi connectivity index (χ4v) is 1.94. The highest BCUT2D eigenvalue weighted by atomic mass is 79.9. The maximum absolute atomic E-state index is 11.6. The summed E-state index contributed by atoms with van der Waals surface area (Å²) in [4.78, 5) is 0. The molecule has 0 unspecified atom stereocenters. The van der Waals surface area contributed by atoms with Crippen molar-refractivity contribution in [2.75, 3.05) is 20.3 Å². The van der Waals surface area contributed by atoms with Gasteiger partial charge in [-0.15, -0.1) is 0 Å². The first-order valence-electron chi connectivity index (χ1n) is 3.51. The normalized spacial score (nSPS) is 11.4. The molecule has 0 aromatic heterocycles. The minimum absolute atomic E-state index is 0.0554. The van der Waals surface area contributed by atoms with Gasteiger partial charge in [0.1, 0.15) is 0 Å². The van der Waals surface area contributed by atoms with Crippen molar-refractivity contribution in [2.24, 2.45) is 0 Å². The summed E-state index contributed by atoms with van der Waals surface area (Å²) in [7, 11) is -2.24. The van der Waals surface area contributed by atoms with Crippen LogP contribution in [0.3, 0.4) is 0 Å². The van der Waals surface area contributed by atoms with Crippen LogP contribution >= 0.6 is 39.7 Å². The van der Waals surface area contributed by atoms with Gasteiger partial charge < -0.3 is 0 Å². The number of hydrogen-bond acceptors (Lipinski definition) is 4. The molecule has 0 amide bonds. The molecule has 0 aromatic rings. The average Bonchev–Trinajstić information content (AvgIpc) is 2.11. The molecule has 0 saturated heterocycles. The molecule has 0 rings (SSSR count). The Bertz CT molecular complexity index is 244. The van der Waals surface area contributed by atoms with E-state index in [4.69, 9.17) is 9.05 Å². The Morgan fingerprint density at radius 3 is 1.79 bits per heavy atom. The summed E-state index contributed by atoms with van der Waals surface area (Å²) >= 11 is 6.12. The molecule has 4 nitrogen and oxygen atoms in total. The van der Waals surface area contributed by atoms with Crippen molar-refractivity contribution in [1.29, 1.82) is 0 Å². The van der Waals surface area contributed by atoms with Crippen LogP contribution in [0.2, 0.25) is 0 Å². The highest BCUT2D eigenvalue weighted by molar-refractivity contribution is 9.12. The molecule has 0 heterocycles. The van der Waals surface area contributed by atoms with Gasteiger partial charge in [0.2, 0.25) is 0 Å². The van der Waals surface area contributed by atoms with Crippen LogP contribution in [0.5, 0.6) is 0 Å². The van der Waals surface area contributed by atoms with Gasteiger partial charge in [-0.05, 0) is 0 Å². The summed E-state index contributed by atoms with van der Waals surface area (Å²) in [5, 5.41) is 0. The topological polar surface area (TPSA) is 44.8 Å². The fraction of sp³-hybridized carbons (Fsp3) is 0.429. The Balaban J connectivity index is 4.11. The van der Waals surface area contributed by atoms with Gasteiger partial charge in [0.05, 0.1) is 13.2 Å². The second kappa shape index (κ2) is 6.93. The van der Waals surface area contributed by atoms with E-state index in [0.29, 0.717) is 8.96 Å². The molecular weight excluding hydrogens is 339 g/mol. The van der Waals surface area contributed by atoms with Gasteiger partial charge in [0, 0.05) is 16.1 Å². The van der Waals surface area contributed by atoms with Crippen LogP contribution < -0.4 is 0 Å². The van der Waals surface area contributed by atoms with E-state index in [1.165, 1.54) is 7.11 Å². The van der Waals surface area contributed by atoms with Crippen LogP contribution in [-0.4, -0.2) is 20.3 Å². The number of halogens is 2. The number of rotatable bonds is 7. The van der Waals surface area contributed by atoms with E-state index in [9.17, 15) is 4.57 Å². The second-order valence-corrected chi connectivity index (χ2v) is 6.23. The maximum Gasteiger partial charge on any atom is 0.475 e.